The quantitative estimate of drug-likeness (QED) is 0.718. The summed E-state index contributed by atoms with van der Waals surface area (Å²) in [6.45, 7) is 0.508. The fourth-order valence-corrected chi connectivity index (χ4v) is 3.36. The predicted octanol–water partition coefficient (Wildman–Crippen LogP) is 2.69. The van der Waals surface area contributed by atoms with Gasteiger partial charge in [0.05, 0.1) is 19.7 Å². The second kappa shape index (κ2) is 7.33. The molecule has 0 amide bonds. The molecule has 28 heavy (non-hydrogen) atoms. The van der Waals surface area contributed by atoms with Gasteiger partial charge in [-0.1, -0.05) is 66.4 Å². The second-order valence-electron chi connectivity index (χ2n) is 7.23. The van der Waals surface area contributed by atoms with Crippen LogP contribution in [0, 0.1) is 0 Å². The average molecular weight is 371 g/mol. The van der Waals surface area contributed by atoms with Gasteiger partial charge >= 0.3 is 0 Å². The lowest BCUT2D eigenvalue weighted by atomic mass is 10.0. The normalized spacial score (nSPS) is 14.4. The van der Waals surface area contributed by atoms with E-state index in [9.17, 15) is 9.90 Å². The molecule has 1 aliphatic heterocycles. The lowest BCUT2D eigenvalue weighted by Gasteiger charge is -2.17. The van der Waals surface area contributed by atoms with Crippen molar-refractivity contribution >= 4 is 11.9 Å². The van der Waals surface area contributed by atoms with E-state index in [1.807, 2.05) is 56.6 Å². The molecule has 1 aliphatic rings. The molecule has 0 atom stereocenters. The Morgan fingerprint density at radius 1 is 0.929 bits per heavy atom. The first-order valence-corrected chi connectivity index (χ1v) is 9.24. The molecule has 0 radical (unpaired) electrons. The summed E-state index contributed by atoms with van der Waals surface area (Å²) in [7, 11) is 3.92. The number of quaternary nitrogens is 1. The van der Waals surface area contributed by atoms with Crippen LogP contribution in [-0.2, 0) is 6.54 Å². The highest BCUT2D eigenvalue weighted by Crippen LogP contribution is 2.38. The zero-order valence-corrected chi connectivity index (χ0v) is 15.9. The summed E-state index contributed by atoms with van der Waals surface area (Å²) in [6, 6.07) is 21.1. The van der Waals surface area contributed by atoms with Crippen LogP contribution < -0.4 is 14.7 Å². The molecule has 0 saturated heterocycles. The van der Waals surface area contributed by atoms with E-state index < -0.39 is 0 Å². The molecule has 0 fully saturated rings. The Morgan fingerprint density at radius 3 is 2.29 bits per heavy atom. The van der Waals surface area contributed by atoms with Crippen LogP contribution in [0.2, 0.25) is 0 Å². The summed E-state index contributed by atoms with van der Waals surface area (Å²) in [5.74, 6) is 0.382. The van der Waals surface area contributed by atoms with Crippen molar-refractivity contribution in [2.75, 3.05) is 14.1 Å². The topological polar surface area (TPSA) is 53.8 Å². The van der Waals surface area contributed by atoms with Crippen molar-refractivity contribution in [3.8, 4) is 22.6 Å². The summed E-state index contributed by atoms with van der Waals surface area (Å²) in [5.41, 5.74) is 4.13. The molecule has 3 aromatic rings. The highest BCUT2D eigenvalue weighted by molar-refractivity contribution is 6.15. The number of allylic oxidation sites excluding steroid dienone is 1. The van der Waals surface area contributed by atoms with E-state index in [1.165, 1.54) is 6.07 Å². The molecule has 0 aliphatic carbocycles. The zero-order chi connectivity index (χ0) is 19.7. The number of nitrogens with one attached hydrogen (secondary N) is 1. The molecule has 1 heterocycles. The van der Waals surface area contributed by atoms with Crippen LogP contribution in [-0.4, -0.2) is 19.9 Å². The number of ether oxygens (including phenoxy) is 1. The molecule has 140 valence electrons. The number of fused-ring (bicyclic) bond motifs is 1. The van der Waals surface area contributed by atoms with Crippen LogP contribution in [0.5, 0.6) is 11.5 Å². The lowest BCUT2D eigenvalue weighted by Crippen LogP contribution is -3.04. The Bertz CT molecular complexity index is 1050. The predicted molar refractivity (Wildman–Crippen MR) is 107 cm³/mol. The third-order valence-corrected chi connectivity index (χ3v) is 4.74. The SMILES string of the molecule is C[NH+](C)Cc1c([O-])ccc2c1OC(=Cc1ccc(-c3ccccc3)cc1)C2=O. The maximum atomic E-state index is 12.7. The highest BCUT2D eigenvalue weighted by atomic mass is 16.5. The van der Waals surface area contributed by atoms with Crippen molar-refractivity contribution in [3.63, 3.8) is 0 Å². The number of benzene rings is 3. The Labute approximate surface area is 164 Å². The van der Waals surface area contributed by atoms with E-state index in [0.717, 1.165) is 21.6 Å². The Balaban J connectivity index is 1.63. The molecule has 0 unspecified atom stereocenters. The summed E-state index contributed by atoms with van der Waals surface area (Å²) in [4.78, 5) is 13.8. The monoisotopic (exact) mass is 371 g/mol. The van der Waals surface area contributed by atoms with Gasteiger partial charge in [0.25, 0.3) is 0 Å². The number of hydrogen-bond acceptors (Lipinski definition) is 3. The summed E-state index contributed by atoms with van der Waals surface area (Å²) >= 11 is 0. The smallest absolute Gasteiger partial charge is 0.231 e. The first-order chi connectivity index (χ1) is 13.5. The van der Waals surface area contributed by atoms with Crippen LogP contribution in [0.15, 0.2) is 72.5 Å². The standard InChI is InChI=1S/C24H21NO3/c1-25(2)15-20-21(26)13-12-19-23(27)22(28-24(19)20)14-16-8-10-18(11-9-16)17-6-4-3-5-7-17/h3-14,26H,15H2,1-2H3. The van der Waals surface area contributed by atoms with Gasteiger partial charge in [-0.05, 0) is 28.8 Å². The number of ketones is 1. The van der Waals surface area contributed by atoms with E-state index in [4.69, 9.17) is 4.74 Å². The third kappa shape index (κ3) is 3.42. The van der Waals surface area contributed by atoms with E-state index >= 15 is 0 Å². The third-order valence-electron chi connectivity index (χ3n) is 4.74. The number of hydrogen-bond donors (Lipinski definition) is 1. The minimum atomic E-state index is -0.183. The maximum absolute atomic E-state index is 12.7. The van der Waals surface area contributed by atoms with Gasteiger partial charge in [0.1, 0.15) is 12.3 Å². The molecule has 0 saturated carbocycles. The average Bonchev–Trinajstić information content (AvgIpc) is 3.01. The number of rotatable bonds is 4. The van der Waals surface area contributed by atoms with Gasteiger partial charge in [0.2, 0.25) is 5.78 Å². The maximum Gasteiger partial charge on any atom is 0.231 e. The molecule has 4 heteroatoms. The van der Waals surface area contributed by atoms with Gasteiger partial charge in [0, 0.05) is 5.56 Å². The van der Waals surface area contributed by atoms with Crippen LogP contribution in [0.1, 0.15) is 21.5 Å². The summed E-state index contributed by atoms with van der Waals surface area (Å²) < 4.78 is 5.85. The summed E-state index contributed by atoms with van der Waals surface area (Å²) in [5, 5.41) is 12.2. The van der Waals surface area contributed by atoms with Gasteiger partial charge < -0.3 is 14.7 Å². The van der Waals surface area contributed by atoms with Crippen molar-refractivity contribution in [1.82, 2.24) is 0 Å². The minimum Gasteiger partial charge on any atom is -0.872 e. The minimum absolute atomic E-state index is 0.0961. The summed E-state index contributed by atoms with van der Waals surface area (Å²) in [6.07, 6.45) is 1.73. The molecule has 0 spiro atoms. The molecule has 4 rings (SSSR count). The molecular weight excluding hydrogens is 350 g/mol. The van der Waals surface area contributed by atoms with E-state index in [1.54, 1.807) is 12.1 Å². The van der Waals surface area contributed by atoms with Gasteiger partial charge in [-0.2, -0.15) is 0 Å². The molecule has 1 N–H and O–H groups in total. The van der Waals surface area contributed by atoms with Crippen molar-refractivity contribution < 1.29 is 19.5 Å². The number of Topliss-reactive ketones (excluding diaryl/α,β-unsaturated/α-hetero) is 1. The van der Waals surface area contributed by atoms with Gasteiger partial charge in [-0.15, -0.1) is 0 Å². The highest BCUT2D eigenvalue weighted by Gasteiger charge is 2.30. The largest absolute Gasteiger partial charge is 0.872 e. The van der Waals surface area contributed by atoms with Crippen molar-refractivity contribution in [3.05, 3.63) is 89.2 Å². The van der Waals surface area contributed by atoms with Crippen LogP contribution in [0.4, 0.5) is 0 Å². The fourth-order valence-electron chi connectivity index (χ4n) is 3.36. The zero-order valence-electron chi connectivity index (χ0n) is 15.9. The number of carbonyl (C=O) groups excluding carboxylic acids is 1. The van der Waals surface area contributed by atoms with E-state index in [-0.39, 0.29) is 17.3 Å². The Kier molecular flexibility index (Phi) is 4.72. The number of carbonyl (C=O) groups is 1. The van der Waals surface area contributed by atoms with Crippen LogP contribution >= 0.6 is 0 Å². The Morgan fingerprint density at radius 2 is 1.61 bits per heavy atom. The van der Waals surface area contributed by atoms with Crippen LogP contribution in [0.25, 0.3) is 17.2 Å². The van der Waals surface area contributed by atoms with E-state index in [0.29, 0.717) is 23.4 Å². The fraction of sp³-hybridized carbons (Fsp3) is 0.125. The molecule has 0 aromatic heterocycles. The molecular formula is C24H21NO3. The lowest BCUT2D eigenvalue weighted by molar-refractivity contribution is -0.872. The Hall–Kier alpha value is -3.37. The van der Waals surface area contributed by atoms with Crippen molar-refractivity contribution in [1.29, 1.82) is 0 Å². The molecule has 4 nitrogen and oxygen atoms in total. The second-order valence-corrected chi connectivity index (χ2v) is 7.23. The molecule has 3 aromatic carbocycles. The first kappa shape index (κ1) is 18.0. The molecule has 0 bridgehead atoms. The van der Waals surface area contributed by atoms with E-state index in [2.05, 4.69) is 12.1 Å². The van der Waals surface area contributed by atoms with Crippen molar-refractivity contribution in [2.24, 2.45) is 0 Å². The van der Waals surface area contributed by atoms with Gasteiger partial charge in [-0.3, -0.25) is 4.79 Å². The first-order valence-electron chi connectivity index (χ1n) is 9.24. The van der Waals surface area contributed by atoms with Gasteiger partial charge in [-0.25, -0.2) is 0 Å². The van der Waals surface area contributed by atoms with Crippen LogP contribution in [0.3, 0.4) is 0 Å². The van der Waals surface area contributed by atoms with Gasteiger partial charge in [0.15, 0.2) is 5.76 Å². The van der Waals surface area contributed by atoms with Crippen molar-refractivity contribution in [2.45, 2.75) is 6.54 Å².